The summed E-state index contributed by atoms with van der Waals surface area (Å²) in [5.74, 6) is -0.903. The van der Waals surface area contributed by atoms with Crippen LogP contribution in [0.3, 0.4) is 0 Å². The van der Waals surface area contributed by atoms with Crippen LogP contribution in [0.15, 0.2) is 17.0 Å². The quantitative estimate of drug-likeness (QED) is 0.789. The first kappa shape index (κ1) is 10.2. The molecule has 2 N–H and O–H groups in total. The monoisotopic (exact) mass is 225 g/mol. The first-order chi connectivity index (χ1) is 7.11. The van der Waals surface area contributed by atoms with Crippen LogP contribution in [0.25, 0.3) is 0 Å². The molecule has 0 saturated heterocycles. The highest BCUT2D eigenvalue weighted by Crippen LogP contribution is 2.34. The number of carbonyl (C=O) groups is 2. The fraction of sp³-hybridized carbons (Fsp3) is 0.200. The van der Waals surface area contributed by atoms with Gasteiger partial charge in [0.1, 0.15) is 5.82 Å². The van der Waals surface area contributed by atoms with E-state index in [0.717, 1.165) is 6.07 Å². The van der Waals surface area contributed by atoms with Crippen LogP contribution in [0.1, 0.15) is 27.1 Å². The number of hydrogen-bond acceptors (Lipinski definition) is 3. The van der Waals surface area contributed by atoms with Crippen molar-refractivity contribution in [1.82, 2.24) is 0 Å². The van der Waals surface area contributed by atoms with Gasteiger partial charge in [0.2, 0.25) is 5.91 Å². The van der Waals surface area contributed by atoms with Gasteiger partial charge in [0.15, 0.2) is 5.78 Å². The summed E-state index contributed by atoms with van der Waals surface area (Å²) in [4.78, 5) is 22.9. The average molecular weight is 225 g/mol. The van der Waals surface area contributed by atoms with Crippen molar-refractivity contribution >= 4 is 23.5 Å². The lowest BCUT2D eigenvalue weighted by molar-refractivity contribution is 0.0980. The molecule has 0 atom stereocenters. The maximum atomic E-state index is 13.4. The Morgan fingerprint density at radius 2 is 2.20 bits per heavy atom. The van der Waals surface area contributed by atoms with Crippen molar-refractivity contribution in [2.24, 2.45) is 5.73 Å². The van der Waals surface area contributed by atoms with E-state index < -0.39 is 11.7 Å². The molecule has 1 aliphatic heterocycles. The van der Waals surface area contributed by atoms with Crippen molar-refractivity contribution in [2.75, 3.05) is 5.75 Å². The number of amides is 1. The maximum absolute atomic E-state index is 13.4. The fourth-order valence-corrected chi connectivity index (χ4v) is 2.70. The molecule has 0 radical (unpaired) electrons. The third-order valence-corrected chi connectivity index (χ3v) is 3.35. The number of ketones is 1. The third-order valence-electron chi connectivity index (χ3n) is 2.23. The topological polar surface area (TPSA) is 60.2 Å². The van der Waals surface area contributed by atoms with Gasteiger partial charge in [-0.15, -0.1) is 11.8 Å². The summed E-state index contributed by atoms with van der Waals surface area (Å²) < 4.78 is 13.4. The molecule has 78 valence electrons. The number of fused-ring (bicyclic) bond motifs is 1. The number of hydrogen-bond donors (Lipinski definition) is 1. The Hall–Kier alpha value is -1.36. The predicted octanol–water partition coefficient (Wildman–Crippen LogP) is 1.60. The summed E-state index contributed by atoms with van der Waals surface area (Å²) in [6, 6.07) is 2.44. The second-order valence-corrected chi connectivity index (χ2v) is 4.29. The van der Waals surface area contributed by atoms with Crippen LogP contribution in [-0.2, 0) is 0 Å². The van der Waals surface area contributed by atoms with E-state index in [2.05, 4.69) is 0 Å². The molecule has 2 rings (SSSR count). The number of carbonyl (C=O) groups excluding carboxylic acids is 2. The Bertz CT molecular complexity index is 459. The van der Waals surface area contributed by atoms with Crippen LogP contribution >= 0.6 is 11.8 Å². The number of thioether (sulfide) groups is 1. The number of benzene rings is 1. The molecular formula is C10H8FNO2S. The summed E-state index contributed by atoms with van der Waals surface area (Å²) in [6.45, 7) is 0. The molecule has 1 aliphatic rings. The molecule has 0 spiro atoms. The van der Waals surface area contributed by atoms with Crippen molar-refractivity contribution < 1.29 is 14.0 Å². The van der Waals surface area contributed by atoms with Crippen LogP contribution < -0.4 is 5.73 Å². The zero-order valence-electron chi connectivity index (χ0n) is 7.75. The van der Waals surface area contributed by atoms with E-state index >= 15 is 0 Å². The molecule has 1 amide bonds. The summed E-state index contributed by atoms with van der Waals surface area (Å²) in [7, 11) is 0. The van der Waals surface area contributed by atoms with Crippen LogP contribution in [0, 0.1) is 5.82 Å². The van der Waals surface area contributed by atoms with Gasteiger partial charge in [0.05, 0.1) is 11.1 Å². The predicted molar refractivity (Wildman–Crippen MR) is 54.6 cm³/mol. The molecule has 15 heavy (non-hydrogen) atoms. The van der Waals surface area contributed by atoms with Gasteiger partial charge in [0, 0.05) is 17.1 Å². The van der Waals surface area contributed by atoms with Crippen LogP contribution in [0.4, 0.5) is 4.39 Å². The van der Waals surface area contributed by atoms with E-state index in [1.165, 1.54) is 17.8 Å². The van der Waals surface area contributed by atoms with Gasteiger partial charge in [0.25, 0.3) is 0 Å². The molecule has 0 aromatic heterocycles. The third kappa shape index (κ3) is 1.63. The highest BCUT2D eigenvalue weighted by Gasteiger charge is 2.25. The van der Waals surface area contributed by atoms with Gasteiger partial charge in [-0.05, 0) is 12.1 Å². The van der Waals surface area contributed by atoms with Gasteiger partial charge in [-0.3, -0.25) is 9.59 Å². The minimum Gasteiger partial charge on any atom is -0.366 e. The zero-order valence-corrected chi connectivity index (χ0v) is 8.57. The molecule has 0 bridgehead atoms. The van der Waals surface area contributed by atoms with E-state index in [-0.39, 0.29) is 16.9 Å². The summed E-state index contributed by atoms with van der Waals surface area (Å²) in [6.07, 6.45) is 0.302. The molecule has 1 heterocycles. The van der Waals surface area contributed by atoms with Crippen molar-refractivity contribution in [2.45, 2.75) is 11.3 Å². The van der Waals surface area contributed by atoms with Crippen molar-refractivity contribution in [1.29, 1.82) is 0 Å². The van der Waals surface area contributed by atoms with Crippen molar-refractivity contribution in [3.63, 3.8) is 0 Å². The molecule has 5 heteroatoms. The second kappa shape index (κ2) is 3.66. The second-order valence-electron chi connectivity index (χ2n) is 3.18. The number of rotatable bonds is 1. The summed E-state index contributed by atoms with van der Waals surface area (Å²) in [5, 5.41) is 0. The Morgan fingerprint density at radius 3 is 2.87 bits per heavy atom. The highest BCUT2D eigenvalue weighted by atomic mass is 32.2. The lowest BCUT2D eigenvalue weighted by atomic mass is 10.0. The maximum Gasteiger partial charge on any atom is 0.249 e. The summed E-state index contributed by atoms with van der Waals surface area (Å²) >= 11 is 1.30. The molecule has 1 aromatic carbocycles. The van der Waals surface area contributed by atoms with Gasteiger partial charge >= 0.3 is 0 Å². The molecule has 0 saturated carbocycles. The van der Waals surface area contributed by atoms with Crippen LogP contribution in [-0.4, -0.2) is 17.4 Å². The zero-order chi connectivity index (χ0) is 11.0. The Morgan fingerprint density at radius 1 is 1.47 bits per heavy atom. The lowest BCUT2D eigenvalue weighted by Gasteiger charge is -2.16. The highest BCUT2D eigenvalue weighted by molar-refractivity contribution is 7.99. The largest absolute Gasteiger partial charge is 0.366 e. The normalized spacial score (nSPS) is 14.9. The van der Waals surface area contributed by atoms with E-state index in [1.54, 1.807) is 0 Å². The SMILES string of the molecule is NC(=O)c1ccc(F)c2c1SCCC2=O. The Kier molecular flexibility index (Phi) is 2.48. The number of Topliss-reactive ketones (excluding diaryl/α,β-unsaturated/α-hetero) is 1. The van der Waals surface area contributed by atoms with Gasteiger partial charge in [-0.1, -0.05) is 0 Å². The van der Waals surface area contributed by atoms with Gasteiger partial charge in [-0.25, -0.2) is 4.39 Å². The first-order valence-electron chi connectivity index (χ1n) is 4.39. The van der Waals surface area contributed by atoms with Gasteiger partial charge < -0.3 is 5.73 Å². The molecule has 3 nitrogen and oxygen atoms in total. The van der Waals surface area contributed by atoms with Crippen LogP contribution in [0.5, 0.6) is 0 Å². The lowest BCUT2D eigenvalue weighted by Crippen LogP contribution is -2.18. The molecule has 0 unspecified atom stereocenters. The van der Waals surface area contributed by atoms with Crippen LogP contribution in [0.2, 0.25) is 0 Å². The number of halogens is 1. The molecule has 0 fully saturated rings. The van der Waals surface area contributed by atoms with E-state index in [4.69, 9.17) is 5.73 Å². The van der Waals surface area contributed by atoms with Crippen molar-refractivity contribution in [3.8, 4) is 0 Å². The van der Waals surface area contributed by atoms with E-state index in [1.807, 2.05) is 0 Å². The standard InChI is InChI=1S/C10H8FNO2S/c11-6-2-1-5(10(12)14)9-8(6)7(13)3-4-15-9/h1-2H,3-4H2,(H2,12,14). The first-order valence-corrected chi connectivity index (χ1v) is 5.38. The number of nitrogens with two attached hydrogens (primary N) is 1. The fourth-order valence-electron chi connectivity index (χ4n) is 1.53. The minimum absolute atomic E-state index is 0.0163. The average Bonchev–Trinajstić information content (AvgIpc) is 2.17. The van der Waals surface area contributed by atoms with Crippen molar-refractivity contribution in [3.05, 3.63) is 29.1 Å². The minimum atomic E-state index is -0.631. The molecule has 1 aromatic rings. The smallest absolute Gasteiger partial charge is 0.249 e. The van der Waals surface area contributed by atoms with Gasteiger partial charge in [-0.2, -0.15) is 0 Å². The Labute approximate surface area is 89.8 Å². The molecular weight excluding hydrogens is 217 g/mol. The number of primary amides is 1. The van der Waals surface area contributed by atoms with E-state index in [9.17, 15) is 14.0 Å². The van der Waals surface area contributed by atoms with E-state index in [0.29, 0.717) is 17.1 Å². The Balaban J connectivity index is 2.69. The summed E-state index contributed by atoms with van der Waals surface area (Å²) in [5.41, 5.74) is 5.39. The molecule has 0 aliphatic carbocycles.